The summed E-state index contributed by atoms with van der Waals surface area (Å²) in [6.45, 7) is 8.30. The van der Waals surface area contributed by atoms with Gasteiger partial charge in [0.1, 0.15) is 0 Å². The van der Waals surface area contributed by atoms with E-state index in [9.17, 15) is 9.59 Å². The van der Waals surface area contributed by atoms with Crippen LogP contribution in [0, 0.1) is 13.8 Å². The maximum absolute atomic E-state index is 12.0. The van der Waals surface area contributed by atoms with Crippen molar-refractivity contribution >= 4 is 23.6 Å². The normalized spacial score (nSPS) is 16.7. The second kappa shape index (κ2) is 10.6. The molecule has 1 N–H and O–H groups in total. The molecule has 1 saturated heterocycles. The third kappa shape index (κ3) is 6.32. The summed E-state index contributed by atoms with van der Waals surface area (Å²) in [7, 11) is 0. The minimum atomic E-state index is -0.224. The van der Waals surface area contributed by atoms with E-state index in [1.165, 1.54) is 11.8 Å². The fourth-order valence-electron chi connectivity index (χ4n) is 2.82. The molecule has 1 aliphatic rings. The van der Waals surface area contributed by atoms with Crippen molar-refractivity contribution in [1.82, 2.24) is 14.9 Å². The molecule has 26 heavy (non-hydrogen) atoms. The van der Waals surface area contributed by atoms with Crippen LogP contribution in [0.4, 0.5) is 0 Å². The summed E-state index contributed by atoms with van der Waals surface area (Å²) in [5.74, 6) is 0.0277. The summed E-state index contributed by atoms with van der Waals surface area (Å²) in [5, 5.41) is 3.69. The van der Waals surface area contributed by atoms with Crippen molar-refractivity contribution in [2.24, 2.45) is 0 Å². The van der Waals surface area contributed by atoms with Crippen molar-refractivity contribution in [2.45, 2.75) is 64.3 Å². The molecule has 146 valence electrons. The molecule has 7 nitrogen and oxygen atoms in total. The zero-order valence-electron chi connectivity index (χ0n) is 15.9. The van der Waals surface area contributed by atoms with E-state index in [2.05, 4.69) is 21.8 Å². The second-order valence-electron chi connectivity index (χ2n) is 6.36. The number of nitrogens with one attached hydrogen (secondary N) is 1. The van der Waals surface area contributed by atoms with Gasteiger partial charge >= 0.3 is 5.97 Å². The molecule has 1 atom stereocenters. The summed E-state index contributed by atoms with van der Waals surface area (Å²) >= 11 is 1.44. The zero-order chi connectivity index (χ0) is 18.9. The van der Waals surface area contributed by atoms with Crippen LogP contribution in [0.15, 0.2) is 5.16 Å². The summed E-state index contributed by atoms with van der Waals surface area (Å²) in [4.78, 5) is 27.9. The highest BCUT2D eigenvalue weighted by Crippen LogP contribution is 2.24. The highest BCUT2D eigenvalue weighted by Gasteiger charge is 2.20. The van der Waals surface area contributed by atoms with Crippen LogP contribution in [-0.2, 0) is 25.6 Å². The first kappa shape index (κ1) is 20.8. The van der Waals surface area contributed by atoms with Crippen LogP contribution >= 0.6 is 11.8 Å². The van der Waals surface area contributed by atoms with Crippen LogP contribution in [-0.4, -0.2) is 53.0 Å². The quantitative estimate of drug-likeness (QED) is 0.379. The smallest absolute Gasteiger partial charge is 0.305 e. The molecule has 0 aliphatic carbocycles. The van der Waals surface area contributed by atoms with Crippen molar-refractivity contribution in [3.8, 4) is 0 Å². The molecule has 1 aliphatic heterocycles. The number of thioether (sulfide) groups is 1. The van der Waals surface area contributed by atoms with Gasteiger partial charge in [-0.1, -0.05) is 11.8 Å². The minimum Gasteiger partial charge on any atom is -0.466 e. The van der Waals surface area contributed by atoms with Crippen molar-refractivity contribution in [3.05, 3.63) is 11.4 Å². The fraction of sp³-hybridized carbons (Fsp3) is 0.722. The number of aromatic nitrogens is 2. The first-order valence-corrected chi connectivity index (χ1v) is 10.2. The zero-order valence-corrected chi connectivity index (χ0v) is 16.7. The number of amides is 1. The standard InChI is InChI=1S/C18H29N3O4S/c1-4-24-17(23)8-5-9-19-16(22)12-26-18-20-13(2)14(3)21(18)11-15-7-6-10-25-15/h15H,4-12H2,1-3H3,(H,19,22)/t15-/m1/s1. The van der Waals surface area contributed by atoms with Crippen LogP contribution in [0.1, 0.15) is 44.0 Å². The van der Waals surface area contributed by atoms with E-state index in [0.717, 1.165) is 42.5 Å². The van der Waals surface area contributed by atoms with E-state index in [1.807, 2.05) is 6.92 Å². The lowest BCUT2D eigenvalue weighted by molar-refractivity contribution is -0.143. The minimum absolute atomic E-state index is 0.0548. The summed E-state index contributed by atoms with van der Waals surface area (Å²) < 4.78 is 12.7. The molecular formula is C18H29N3O4S. The largest absolute Gasteiger partial charge is 0.466 e. The van der Waals surface area contributed by atoms with E-state index in [0.29, 0.717) is 31.7 Å². The molecule has 8 heteroatoms. The van der Waals surface area contributed by atoms with E-state index < -0.39 is 0 Å². The van der Waals surface area contributed by atoms with Gasteiger partial charge in [-0.2, -0.15) is 0 Å². The average molecular weight is 384 g/mol. The van der Waals surface area contributed by atoms with Gasteiger partial charge in [0, 0.05) is 25.3 Å². The lowest BCUT2D eigenvalue weighted by Crippen LogP contribution is -2.27. The number of rotatable bonds is 10. The summed E-state index contributed by atoms with van der Waals surface area (Å²) in [6, 6.07) is 0. The maximum atomic E-state index is 12.0. The number of imidazole rings is 1. The fourth-order valence-corrected chi connectivity index (χ4v) is 3.75. The van der Waals surface area contributed by atoms with E-state index in [-0.39, 0.29) is 18.0 Å². The SMILES string of the molecule is CCOC(=O)CCCNC(=O)CSc1nc(C)c(C)n1C[C@H]1CCCO1. The van der Waals surface area contributed by atoms with Crippen LogP contribution in [0.5, 0.6) is 0 Å². The molecular weight excluding hydrogens is 354 g/mol. The number of aryl methyl sites for hydroxylation is 1. The topological polar surface area (TPSA) is 82.5 Å². The Kier molecular flexibility index (Phi) is 8.44. The first-order valence-electron chi connectivity index (χ1n) is 9.21. The summed E-state index contributed by atoms with van der Waals surface area (Å²) in [5.41, 5.74) is 2.11. The van der Waals surface area contributed by atoms with Gasteiger partial charge in [0.25, 0.3) is 0 Å². The van der Waals surface area contributed by atoms with Gasteiger partial charge in [0.15, 0.2) is 5.16 Å². The Morgan fingerprint density at radius 3 is 2.92 bits per heavy atom. The molecule has 2 rings (SSSR count). The molecule has 0 bridgehead atoms. The van der Waals surface area contributed by atoms with E-state index in [1.54, 1.807) is 6.92 Å². The Balaban J connectivity index is 1.76. The van der Waals surface area contributed by atoms with Crippen molar-refractivity contribution in [1.29, 1.82) is 0 Å². The van der Waals surface area contributed by atoms with Crippen LogP contribution in [0.3, 0.4) is 0 Å². The van der Waals surface area contributed by atoms with Crippen molar-refractivity contribution in [2.75, 3.05) is 25.5 Å². The maximum Gasteiger partial charge on any atom is 0.305 e. The van der Waals surface area contributed by atoms with Gasteiger partial charge in [0.05, 0.1) is 30.7 Å². The molecule has 1 aromatic heterocycles. The van der Waals surface area contributed by atoms with Crippen molar-refractivity contribution in [3.63, 3.8) is 0 Å². The van der Waals surface area contributed by atoms with Gasteiger partial charge in [-0.25, -0.2) is 4.98 Å². The Morgan fingerprint density at radius 2 is 2.23 bits per heavy atom. The number of hydrogen-bond acceptors (Lipinski definition) is 6. The molecule has 0 spiro atoms. The molecule has 1 aromatic rings. The van der Waals surface area contributed by atoms with Crippen LogP contribution in [0.25, 0.3) is 0 Å². The number of esters is 1. The number of nitrogens with zero attached hydrogens (tertiary/aromatic N) is 2. The average Bonchev–Trinajstić information content (AvgIpc) is 3.21. The predicted molar refractivity (Wildman–Crippen MR) is 100 cm³/mol. The van der Waals surface area contributed by atoms with Gasteiger partial charge in [0.2, 0.25) is 5.91 Å². The highest BCUT2D eigenvalue weighted by atomic mass is 32.2. The predicted octanol–water partition coefficient (Wildman–Crippen LogP) is 2.23. The molecule has 2 heterocycles. The Hall–Kier alpha value is -1.54. The third-order valence-corrected chi connectivity index (χ3v) is 5.33. The third-order valence-electron chi connectivity index (χ3n) is 4.35. The van der Waals surface area contributed by atoms with E-state index >= 15 is 0 Å². The lowest BCUT2D eigenvalue weighted by Gasteiger charge is -2.14. The van der Waals surface area contributed by atoms with E-state index in [4.69, 9.17) is 9.47 Å². The number of carbonyl (C=O) groups excluding carboxylic acids is 2. The number of carbonyl (C=O) groups is 2. The molecule has 0 unspecified atom stereocenters. The Bertz CT molecular complexity index is 612. The molecule has 1 amide bonds. The molecule has 0 radical (unpaired) electrons. The van der Waals surface area contributed by atoms with Crippen LogP contribution in [0.2, 0.25) is 0 Å². The lowest BCUT2D eigenvalue weighted by atomic mass is 10.2. The number of ether oxygens (including phenoxy) is 2. The Labute approximate surface area is 159 Å². The van der Waals surface area contributed by atoms with Crippen molar-refractivity contribution < 1.29 is 19.1 Å². The molecule has 0 saturated carbocycles. The van der Waals surface area contributed by atoms with Gasteiger partial charge in [-0.3, -0.25) is 9.59 Å². The van der Waals surface area contributed by atoms with Crippen LogP contribution < -0.4 is 5.32 Å². The molecule has 1 fully saturated rings. The Morgan fingerprint density at radius 1 is 1.42 bits per heavy atom. The highest BCUT2D eigenvalue weighted by molar-refractivity contribution is 7.99. The van der Waals surface area contributed by atoms with Gasteiger partial charge in [-0.05, 0) is 40.0 Å². The second-order valence-corrected chi connectivity index (χ2v) is 7.30. The van der Waals surface area contributed by atoms with Gasteiger partial charge in [-0.15, -0.1) is 0 Å². The summed E-state index contributed by atoms with van der Waals surface area (Å²) in [6.07, 6.45) is 3.32. The molecule has 0 aromatic carbocycles. The first-order chi connectivity index (χ1) is 12.5. The van der Waals surface area contributed by atoms with Gasteiger partial charge < -0.3 is 19.4 Å². The number of hydrogen-bond donors (Lipinski definition) is 1. The monoisotopic (exact) mass is 383 g/mol.